The van der Waals surface area contributed by atoms with Crippen LogP contribution in [0.3, 0.4) is 0 Å². The van der Waals surface area contributed by atoms with Gasteiger partial charge in [-0.05, 0) is 6.08 Å². The average Bonchev–Trinajstić information content (AvgIpc) is 1.88. The maximum absolute atomic E-state index is 11.7. The Balaban J connectivity index is 2.64. The van der Waals surface area contributed by atoms with Crippen molar-refractivity contribution in [3.8, 4) is 0 Å². The summed E-state index contributed by atoms with van der Waals surface area (Å²) in [6.07, 6.45) is -1.06. The maximum Gasteiger partial charge on any atom is 0.414 e. The van der Waals surface area contributed by atoms with E-state index in [9.17, 15) is 13.2 Å². The summed E-state index contributed by atoms with van der Waals surface area (Å²) in [4.78, 5) is 3.15. The maximum atomic E-state index is 11.7. The second-order valence-electron chi connectivity index (χ2n) is 1.79. The van der Waals surface area contributed by atoms with Crippen molar-refractivity contribution in [2.45, 2.75) is 12.2 Å². The second kappa shape index (κ2) is 2.32. The number of nitrogens with one attached hydrogen (secondary N) is 1. The minimum absolute atomic E-state index is 0.958. The summed E-state index contributed by atoms with van der Waals surface area (Å²) >= 11 is 0. The molecule has 0 aromatic carbocycles. The molecule has 1 aliphatic heterocycles. The Bertz CT molecular complexity index is 158. The van der Waals surface area contributed by atoms with Gasteiger partial charge in [0.25, 0.3) is 0 Å². The molecule has 0 aliphatic carbocycles. The Labute approximate surface area is 55.4 Å². The van der Waals surface area contributed by atoms with Crippen molar-refractivity contribution in [3.63, 3.8) is 0 Å². The smallest absolute Gasteiger partial charge is 0.353 e. The van der Waals surface area contributed by atoms with Crippen molar-refractivity contribution in [2.75, 3.05) is 0 Å². The van der Waals surface area contributed by atoms with Gasteiger partial charge in [0.15, 0.2) is 6.04 Å². The molecule has 0 aromatic rings. The molecule has 1 atom stereocenters. The summed E-state index contributed by atoms with van der Waals surface area (Å²) in [6, 6.07) is -1.67. The van der Waals surface area contributed by atoms with Gasteiger partial charge >= 0.3 is 6.18 Å². The zero-order valence-corrected chi connectivity index (χ0v) is 4.89. The summed E-state index contributed by atoms with van der Waals surface area (Å²) in [5.74, 6) is 0. The number of hydrogen-bond donors (Lipinski definition) is 1. The molecule has 5 heteroatoms. The van der Waals surface area contributed by atoms with Gasteiger partial charge in [0, 0.05) is 6.20 Å². The molecular formula is C5H5F3N2. The highest BCUT2D eigenvalue weighted by Crippen LogP contribution is 2.23. The first kappa shape index (κ1) is 7.11. The van der Waals surface area contributed by atoms with Crippen molar-refractivity contribution < 1.29 is 13.2 Å². The first-order valence-electron chi connectivity index (χ1n) is 2.62. The van der Waals surface area contributed by atoms with E-state index in [2.05, 4.69) is 10.3 Å². The van der Waals surface area contributed by atoms with Crippen LogP contribution in [0.4, 0.5) is 13.2 Å². The number of nitrogens with zero attached hydrogens (tertiary/aromatic N) is 1. The zero-order valence-electron chi connectivity index (χ0n) is 4.89. The topological polar surface area (TPSA) is 24.4 Å². The molecule has 0 aromatic heterocycles. The Morgan fingerprint density at radius 1 is 1.40 bits per heavy atom. The molecule has 1 unspecified atom stereocenters. The van der Waals surface area contributed by atoms with Gasteiger partial charge in [0.1, 0.15) is 0 Å². The number of alkyl halides is 3. The lowest BCUT2D eigenvalue weighted by Gasteiger charge is -2.13. The molecule has 0 spiro atoms. The quantitative estimate of drug-likeness (QED) is 0.548. The highest BCUT2D eigenvalue weighted by Gasteiger charge is 2.37. The Morgan fingerprint density at radius 2 is 2.10 bits per heavy atom. The molecule has 0 saturated carbocycles. The summed E-state index contributed by atoms with van der Waals surface area (Å²) in [5, 5.41) is 2.41. The van der Waals surface area contributed by atoms with Gasteiger partial charge in [-0.2, -0.15) is 13.2 Å². The van der Waals surface area contributed by atoms with E-state index in [4.69, 9.17) is 0 Å². The van der Waals surface area contributed by atoms with Crippen LogP contribution in [0.25, 0.3) is 0 Å². The van der Waals surface area contributed by atoms with Crippen molar-refractivity contribution >= 4 is 6.34 Å². The van der Waals surface area contributed by atoms with Gasteiger partial charge in [-0.25, -0.2) is 0 Å². The average molecular weight is 150 g/mol. The fourth-order valence-corrected chi connectivity index (χ4v) is 0.556. The van der Waals surface area contributed by atoms with Gasteiger partial charge in [0.2, 0.25) is 0 Å². The minimum Gasteiger partial charge on any atom is -0.353 e. The second-order valence-corrected chi connectivity index (χ2v) is 1.79. The van der Waals surface area contributed by atoms with Crippen LogP contribution >= 0.6 is 0 Å². The first-order chi connectivity index (χ1) is 4.61. The standard InChI is InChI=1S/C5H5F3N2/c6-5(7,8)4-1-2-9-3-10-4/h1-4H,(H,9,10). The van der Waals surface area contributed by atoms with Crippen molar-refractivity contribution in [1.29, 1.82) is 0 Å². The van der Waals surface area contributed by atoms with Gasteiger partial charge in [-0.15, -0.1) is 0 Å². The lowest BCUT2D eigenvalue weighted by atomic mass is 10.3. The molecule has 0 bridgehead atoms. The molecule has 0 radical (unpaired) electrons. The monoisotopic (exact) mass is 150 g/mol. The highest BCUT2D eigenvalue weighted by molar-refractivity contribution is 5.58. The summed E-state index contributed by atoms with van der Waals surface area (Å²) in [5.41, 5.74) is 0. The predicted molar refractivity (Wildman–Crippen MR) is 30.6 cm³/mol. The van der Waals surface area contributed by atoms with E-state index in [0.29, 0.717) is 0 Å². The number of aliphatic imine (C=N–C) groups is 1. The van der Waals surface area contributed by atoms with E-state index in [1.54, 1.807) is 0 Å². The Hall–Kier alpha value is -1.00. The zero-order chi connectivity index (χ0) is 7.61. The van der Waals surface area contributed by atoms with E-state index in [1.807, 2.05) is 0 Å². The lowest BCUT2D eigenvalue weighted by molar-refractivity contribution is -0.136. The molecule has 1 heterocycles. The van der Waals surface area contributed by atoms with Gasteiger partial charge in [-0.3, -0.25) is 4.99 Å². The fourth-order valence-electron chi connectivity index (χ4n) is 0.556. The molecule has 0 fully saturated rings. The third-order valence-corrected chi connectivity index (χ3v) is 1.02. The molecule has 56 valence electrons. The van der Waals surface area contributed by atoms with Crippen LogP contribution < -0.4 is 5.32 Å². The molecule has 0 saturated heterocycles. The normalized spacial score (nSPS) is 24.5. The fraction of sp³-hybridized carbons (Fsp3) is 0.400. The van der Waals surface area contributed by atoms with E-state index in [1.165, 1.54) is 6.20 Å². The lowest BCUT2D eigenvalue weighted by Crippen LogP contribution is -2.28. The van der Waals surface area contributed by atoms with E-state index < -0.39 is 12.2 Å². The summed E-state index contributed by atoms with van der Waals surface area (Å²) in [6.45, 7) is 0. The molecule has 1 aliphatic rings. The van der Waals surface area contributed by atoms with Crippen molar-refractivity contribution in [1.82, 2.24) is 5.32 Å². The SMILES string of the molecule is FC(F)(F)C1C=CNC=N1. The van der Waals surface area contributed by atoms with E-state index >= 15 is 0 Å². The minimum atomic E-state index is -4.25. The number of rotatable bonds is 0. The van der Waals surface area contributed by atoms with Crippen LogP contribution in [-0.2, 0) is 0 Å². The number of hydrogen-bond acceptors (Lipinski definition) is 2. The number of halogens is 3. The molecule has 0 amide bonds. The van der Waals surface area contributed by atoms with Crippen LogP contribution in [0.1, 0.15) is 0 Å². The van der Waals surface area contributed by atoms with Crippen molar-refractivity contribution in [2.24, 2.45) is 4.99 Å². The molecule has 2 nitrogen and oxygen atoms in total. The third-order valence-electron chi connectivity index (χ3n) is 1.02. The molecule has 1 N–H and O–H groups in total. The Morgan fingerprint density at radius 3 is 2.40 bits per heavy atom. The van der Waals surface area contributed by atoms with E-state index in [-0.39, 0.29) is 0 Å². The van der Waals surface area contributed by atoms with E-state index in [0.717, 1.165) is 12.4 Å². The van der Waals surface area contributed by atoms with Crippen LogP contribution in [0.15, 0.2) is 17.3 Å². The van der Waals surface area contributed by atoms with Crippen LogP contribution in [0.5, 0.6) is 0 Å². The van der Waals surface area contributed by atoms with Crippen LogP contribution in [-0.4, -0.2) is 18.6 Å². The van der Waals surface area contributed by atoms with Crippen LogP contribution in [0, 0.1) is 0 Å². The third kappa shape index (κ3) is 1.49. The van der Waals surface area contributed by atoms with Gasteiger partial charge in [0.05, 0.1) is 6.34 Å². The predicted octanol–water partition coefficient (Wildman–Crippen LogP) is 1.06. The molecule has 10 heavy (non-hydrogen) atoms. The van der Waals surface area contributed by atoms with Gasteiger partial charge in [-0.1, -0.05) is 0 Å². The molecule has 1 rings (SSSR count). The van der Waals surface area contributed by atoms with Gasteiger partial charge < -0.3 is 5.32 Å². The largest absolute Gasteiger partial charge is 0.414 e. The first-order valence-corrected chi connectivity index (χ1v) is 2.62. The van der Waals surface area contributed by atoms with Crippen LogP contribution in [0.2, 0.25) is 0 Å². The summed E-state index contributed by atoms with van der Waals surface area (Å²) < 4.78 is 35.2. The highest BCUT2D eigenvalue weighted by atomic mass is 19.4. The van der Waals surface area contributed by atoms with Crippen molar-refractivity contribution in [3.05, 3.63) is 12.3 Å². The molecular weight excluding hydrogens is 145 g/mol. The Kier molecular flexibility index (Phi) is 1.65. The summed E-state index contributed by atoms with van der Waals surface area (Å²) in [7, 11) is 0.